The number of alkyl halides is 1. The summed E-state index contributed by atoms with van der Waals surface area (Å²) in [5.41, 5.74) is 0. The minimum atomic E-state index is -0.336. The first kappa shape index (κ1) is 11.8. The van der Waals surface area contributed by atoms with E-state index in [9.17, 15) is 4.79 Å². The van der Waals surface area contributed by atoms with Crippen molar-refractivity contribution in [2.45, 2.75) is 19.2 Å². The molecule has 6 nitrogen and oxygen atoms in total. The van der Waals surface area contributed by atoms with Gasteiger partial charge in [0.25, 0.3) is 0 Å². The van der Waals surface area contributed by atoms with Crippen molar-refractivity contribution in [3.8, 4) is 0 Å². The molecule has 0 spiro atoms. The molecular formula is C8H13ClN4O2. The summed E-state index contributed by atoms with van der Waals surface area (Å²) in [5.74, 6) is 0.200. The van der Waals surface area contributed by atoms with Gasteiger partial charge in [-0.15, -0.1) is 16.7 Å². The van der Waals surface area contributed by atoms with Crippen LogP contribution in [0.25, 0.3) is 0 Å². The van der Waals surface area contributed by atoms with Crippen molar-refractivity contribution in [2.24, 2.45) is 0 Å². The first-order chi connectivity index (χ1) is 7.13. The summed E-state index contributed by atoms with van der Waals surface area (Å²) in [7, 11) is 0. The maximum absolute atomic E-state index is 11.1. The smallest absolute Gasteiger partial charge is 0.315 e. The van der Waals surface area contributed by atoms with E-state index in [1.807, 2.05) is 6.92 Å². The van der Waals surface area contributed by atoms with E-state index in [0.29, 0.717) is 12.4 Å². The van der Waals surface area contributed by atoms with Crippen LogP contribution in [0.15, 0.2) is 4.42 Å². The lowest BCUT2D eigenvalue weighted by molar-refractivity contribution is -0.119. The van der Waals surface area contributed by atoms with Crippen molar-refractivity contribution in [1.82, 2.24) is 15.5 Å². The Morgan fingerprint density at radius 1 is 1.60 bits per heavy atom. The van der Waals surface area contributed by atoms with Gasteiger partial charge in [-0.25, -0.2) is 0 Å². The monoisotopic (exact) mass is 232 g/mol. The number of nitrogens with one attached hydrogen (secondary N) is 2. The van der Waals surface area contributed by atoms with Gasteiger partial charge in [0.2, 0.25) is 11.8 Å². The fourth-order valence-corrected chi connectivity index (χ4v) is 0.971. The number of hydrogen-bond donors (Lipinski definition) is 2. The van der Waals surface area contributed by atoms with Gasteiger partial charge in [0.15, 0.2) is 0 Å². The molecule has 15 heavy (non-hydrogen) atoms. The standard InChI is InChI=1S/C8H13ClN4O2/c1-3-10-6(14)4-11-8-13-12-7(15-8)5(2)9/h5H,3-4H2,1-2H3,(H,10,14)(H,11,13). The molecule has 1 rings (SSSR count). The van der Waals surface area contributed by atoms with E-state index in [1.54, 1.807) is 6.92 Å². The number of carbonyl (C=O) groups excluding carboxylic acids is 1. The van der Waals surface area contributed by atoms with Crippen molar-refractivity contribution in [1.29, 1.82) is 0 Å². The highest BCUT2D eigenvalue weighted by molar-refractivity contribution is 6.20. The zero-order valence-electron chi connectivity index (χ0n) is 8.58. The van der Waals surface area contributed by atoms with Crippen LogP contribution in [-0.2, 0) is 4.79 Å². The van der Waals surface area contributed by atoms with Gasteiger partial charge in [-0.2, -0.15) is 0 Å². The molecule has 1 aromatic heterocycles. The van der Waals surface area contributed by atoms with Crippen LogP contribution in [-0.4, -0.2) is 29.2 Å². The summed E-state index contributed by atoms with van der Waals surface area (Å²) in [6.07, 6.45) is 0. The van der Waals surface area contributed by atoms with Gasteiger partial charge in [0, 0.05) is 6.54 Å². The first-order valence-electron chi connectivity index (χ1n) is 4.61. The lowest BCUT2D eigenvalue weighted by Crippen LogP contribution is -2.29. The molecule has 0 saturated carbocycles. The zero-order chi connectivity index (χ0) is 11.3. The molecule has 1 aromatic rings. The zero-order valence-corrected chi connectivity index (χ0v) is 9.34. The van der Waals surface area contributed by atoms with Crippen LogP contribution >= 0.6 is 11.6 Å². The molecule has 0 saturated heterocycles. The highest BCUT2D eigenvalue weighted by Crippen LogP contribution is 2.18. The quantitative estimate of drug-likeness (QED) is 0.738. The Hall–Kier alpha value is -1.30. The lowest BCUT2D eigenvalue weighted by atomic mass is 10.5. The topological polar surface area (TPSA) is 80.0 Å². The van der Waals surface area contributed by atoms with Crippen molar-refractivity contribution in [3.05, 3.63) is 5.89 Å². The molecule has 1 heterocycles. The maximum atomic E-state index is 11.1. The van der Waals surface area contributed by atoms with Crippen LogP contribution in [0.3, 0.4) is 0 Å². The van der Waals surface area contributed by atoms with Gasteiger partial charge in [0.05, 0.1) is 6.54 Å². The van der Waals surface area contributed by atoms with E-state index in [4.69, 9.17) is 16.0 Å². The van der Waals surface area contributed by atoms with E-state index in [1.165, 1.54) is 0 Å². The third kappa shape index (κ3) is 3.75. The van der Waals surface area contributed by atoms with E-state index in [-0.39, 0.29) is 23.8 Å². The maximum Gasteiger partial charge on any atom is 0.315 e. The molecule has 2 N–H and O–H groups in total. The Labute approximate surface area is 92.4 Å². The van der Waals surface area contributed by atoms with Gasteiger partial charge < -0.3 is 15.1 Å². The van der Waals surface area contributed by atoms with Crippen molar-refractivity contribution >= 4 is 23.5 Å². The van der Waals surface area contributed by atoms with E-state index < -0.39 is 0 Å². The lowest BCUT2D eigenvalue weighted by Gasteiger charge is -2.01. The fraction of sp³-hybridized carbons (Fsp3) is 0.625. The number of likely N-dealkylation sites (N-methyl/N-ethyl adjacent to an activating group) is 1. The second-order valence-corrected chi connectivity index (χ2v) is 3.52. The molecule has 7 heteroatoms. The predicted octanol–water partition coefficient (Wildman–Crippen LogP) is 0.917. The molecule has 1 amide bonds. The van der Waals surface area contributed by atoms with Crippen LogP contribution in [0.4, 0.5) is 6.01 Å². The summed E-state index contributed by atoms with van der Waals surface area (Å²) >= 11 is 5.73. The third-order valence-corrected chi connectivity index (χ3v) is 1.74. The molecule has 0 radical (unpaired) electrons. The number of aromatic nitrogens is 2. The minimum absolute atomic E-state index is 0.103. The second-order valence-electron chi connectivity index (χ2n) is 2.87. The number of nitrogens with zero attached hydrogens (tertiary/aromatic N) is 2. The summed E-state index contributed by atoms with van der Waals surface area (Å²) in [6.45, 7) is 4.26. The highest BCUT2D eigenvalue weighted by atomic mass is 35.5. The molecule has 0 aliphatic rings. The molecule has 0 bridgehead atoms. The third-order valence-electron chi connectivity index (χ3n) is 1.56. The van der Waals surface area contributed by atoms with Gasteiger partial charge in [-0.05, 0) is 13.8 Å². The number of anilines is 1. The van der Waals surface area contributed by atoms with Gasteiger partial charge >= 0.3 is 6.01 Å². The van der Waals surface area contributed by atoms with Gasteiger partial charge in [-0.3, -0.25) is 4.79 Å². The number of halogens is 1. The molecule has 1 unspecified atom stereocenters. The molecule has 0 aromatic carbocycles. The Kier molecular flexibility index (Phi) is 4.36. The highest BCUT2D eigenvalue weighted by Gasteiger charge is 2.11. The molecule has 0 fully saturated rings. The Bertz CT molecular complexity index is 326. The van der Waals surface area contributed by atoms with Crippen LogP contribution < -0.4 is 10.6 Å². The van der Waals surface area contributed by atoms with Crippen LogP contribution in [0.2, 0.25) is 0 Å². The van der Waals surface area contributed by atoms with E-state index >= 15 is 0 Å². The predicted molar refractivity (Wildman–Crippen MR) is 55.7 cm³/mol. The summed E-state index contributed by atoms with van der Waals surface area (Å²) in [4.78, 5) is 11.1. The molecule has 1 atom stereocenters. The van der Waals surface area contributed by atoms with Crippen molar-refractivity contribution < 1.29 is 9.21 Å². The van der Waals surface area contributed by atoms with Gasteiger partial charge in [-0.1, -0.05) is 5.10 Å². The first-order valence-corrected chi connectivity index (χ1v) is 5.05. The summed E-state index contributed by atoms with van der Waals surface area (Å²) in [6, 6.07) is 0.198. The second kappa shape index (κ2) is 5.55. The summed E-state index contributed by atoms with van der Waals surface area (Å²) < 4.78 is 5.13. The summed E-state index contributed by atoms with van der Waals surface area (Å²) in [5, 5.41) is 12.4. The number of rotatable bonds is 5. The largest absolute Gasteiger partial charge is 0.406 e. The number of amides is 1. The average molecular weight is 233 g/mol. The van der Waals surface area contributed by atoms with E-state index in [0.717, 1.165) is 0 Å². The minimum Gasteiger partial charge on any atom is -0.406 e. The molecular weight excluding hydrogens is 220 g/mol. The normalized spacial score (nSPS) is 12.2. The van der Waals surface area contributed by atoms with Crippen molar-refractivity contribution in [3.63, 3.8) is 0 Å². The Morgan fingerprint density at radius 2 is 2.33 bits per heavy atom. The van der Waals surface area contributed by atoms with Crippen LogP contribution in [0.1, 0.15) is 25.1 Å². The van der Waals surface area contributed by atoms with E-state index in [2.05, 4.69) is 20.8 Å². The Morgan fingerprint density at radius 3 is 2.87 bits per heavy atom. The van der Waals surface area contributed by atoms with Crippen molar-refractivity contribution in [2.75, 3.05) is 18.4 Å². The molecule has 0 aliphatic carbocycles. The SMILES string of the molecule is CCNC(=O)CNc1nnc(C(C)Cl)o1. The molecule has 0 aliphatic heterocycles. The molecule has 84 valence electrons. The van der Waals surface area contributed by atoms with Crippen LogP contribution in [0.5, 0.6) is 0 Å². The average Bonchev–Trinajstić information content (AvgIpc) is 2.63. The van der Waals surface area contributed by atoms with Crippen LogP contribution in [0, 0.1) is 0 Å². The van der Waals surface area contributed by atoms with Gasteiger partial charge in [0.1, 0.15) is 5.38 Å². The number of hydrogen-bond acceptors (Lipinski definition) is 5. The number of carbonyl (C=O) groups is 1. The fourth-order valence-electron chi connectivity index (χ4n) is 0.882. The Balaban J connectivity index is 2.41.